The summed E-state index contributed by atoms with van der Waals surface area (Å²) in [7, 11) is 0. The summed E-state index contributed by atoms with van der Waals surface area (Å²) in [6.07, 6.45) is 0. The van der Waals surface area contributed by atoms with E-state index in [9.17, 15) is 0 Å². The van der Waals surface area contributed by atoms with Crippen molar-refractivity contribution < 1.29 is 23.6 Å². The van der Waals surface area contributed by atoms with Gasteiger partial charge in [-0.3, -0.25) is 0 Å². The van der Waals surface area contributed by atoms with E-state index in [4.69, 9.17) is 16.3 Å². The third-order valence-corrected chi connectivity index (χ3v) is 12.6. The van der Waals surface area contributed by atoms with E-state index < -0.39 is 0 Å². The van der Waals surface area contributed by atoms with Gasteiger partial charge in [0.2, 0.25) is 0 Å². The van der Waals surface area contributed by atoms with Gasteiger partial charge in [0, 0.05) is 56.6 Å². The van der Waals surface area contributed by atoms with Gasteiger partial charge >= 0.3 is 18.9 Å². The Kier molecular flexibility index (Phi) is 17.4. The molecule has 4 nitrogen and oxygen atoms in total. The fraction of sp³-hybridized carbons (Fsp3) is 0.140. The topological polar surface area (TPSA) is 45.3 Å². The Morgan fingerprint density at radius 2 is 1.06 bits per heavy atom. The summed E-state index contributed by atoms with van der Waals surface area (Å²) in [5.74, 6) is 0. The fourth-order valence-corrected chi connectivity index (χ4v) is 10.1. The van der Waals surface area contributed by atoms with Gasteiger partial charge in [0.1, 0.15) is 0 Å². The maximum atomic E-state index is 5.95. The van der Waals surface area contributed by atoms with Crippen molar-refractivity contribution in [3.63, 3.8) is 0 Å². The van der Waals surface area contributed by atoms with Crippen LogP contribution in [0.2, 0.25) is 5.02 Å². The van der Waals surface area contributed by atoms with Crippen LogP contribution in [0.25, 0.3) is 0 Å². The number of anilines is 6. The van der Waals surface area contributed by atoms with Gasteiger partial charge in [-0.2, -0.15) is 0 Å². The molecule has 0 saturated carbocycles. The van der Waals surface area contributed by atoms with Crippen LogP contribution in [0, 0.1) is 21.3 Å². The molecule has 0 bridgehead atoms. The van der Waals surface area contributed by atoms with Gasteiger partial charge < -0.3 is 28.1 Å². The summed E-state index contributed by atoms with van der Waals surface area (Å²) < 4.78 is 7.07. The quantitative estimate of drug-likeness (QED) is 0.118. The molecule has 274 valence electrons. The Labute approximate surface area is 367 Å². The largest absolute Gasteiger partial charge is 1.00 e. The standard InChI is InChI=1S/C13H9Br2NS.C13H11NS.C12H8ClNS.C4H10O.CH3.Li/c1-7-4-9(15)6-12-13(7)16-10-3-2-8(14)5-11(10)17-12;1-9-5-4-8-12-13(9)14-10-6-2-3-7-11(10)15-12;13-8-5-6-12-10(7-8)14-9-3-1-2-4-11(9)15-12;1-3-5-4-2;;/h2-6,16H,1H3;2-8,14H,1H3;1-7,14H;3-4H2,1-2H3;1H3;/q;;;;-1;+1. The summed E-state index contributed by atoms with van der Waals surface area (Å²) >= 11 is 18.4. The van der Waals surface area contributed by atoms with Gasteiger partial charge in [0.15, 0.2) is 0 Å². The number of nitrogens with one attached hydrogen (secondary N) is 3. The normalized spacial score (nSPS) is 11.8. The third kappa shape index (κ3) is 11.3. The molecule has 0 fully saturated rings. The summed E-state index contributed by atoms with van der Waals surface area (Å²) in [4.78, 5) is 7.61. The summed E-state index contributed by atoms with van der Waals surface area (Å²) in [5, 5.41) is 11.1. The number of rotatable bonds is 2. The van der Waals surface area contributed by atoms with Gasteiger partial charge in [-0.1, -0.05) is 115 Å². The number of ether oxygens (including phenoxy) is 1. The molecular formula is C43H41Br2ClLiN3OS3. The molecule has 0 radical (unpaired) electrons. The molecule has 3 aliphatic rings. The first-order valence-electron chi connectivity index (χ1n) is 16.8. The van der Waals surface area contributed by atoms with Crippen molar-refractivity contribution >= 4 is 113 Å². The molecule has 0 amide bonds. The fourth-order valence-electron chi connectivity index (χ4n) is 5.50. The molecule has 0 unspecified atom stereocenters. The van der Waals surface area contributed by atoms with Gasteiger partial charge in [0.25, 0.3) is 0 Å². The van der Waals surface area contributed by atoms with Crippen LogP contribution in [-0.4, -0.2) is 13.2 Å². The Morgan fingerprint density at radius 1 is 0.519 bits per heavy atom. The monoisotopic (exact) mass is 911 g/mol. The summed E-state index contributed by atoms with van der Waals surface area (Å²) in [6, 6.07) is 39.6. The van der Waals surface area contributed by atoms with E-state index in [0.717, 1.165) is 38.6 Å². The van der Waals surface area contributed by atoms with Crippen molar-refractivity contribution in [3.05, 3.63) is 148 Å². The van der Waals surface area contributed by atoms with Crippen LogP contribution in [0.15, 0.2) is 154 Å². The third-order valence-electron chi connectivity index (χ3n) is 8.01. The maximum Gasteiger partial charge on any atom is 1.00 e. The molecule has 0 aromatic heterocycles. The van der Waals surface area contributed by atoms with Gasteiger partial charge in [-0.15, -0.1) is 0 Å². The number of aryl methyl sites for hydroxylation is 2. The van der Waals surface area contributed by atoms with Crippen molar-refractivity contribution in [2.75, 3.05) is 29.2 Å². The second-order valence-corrected chi connectivity index (χ2v) is 17.3. The van der Waals surface area contributed by atoms with E-state index in [1.165, 1.54) is 63.2 Å². The molecule has 0 saturated heterocycles. The first-order valence-corrected chi connectivity index (χ1v) is 21.2. The van der Waals surface area contributed by atoms with E-state index in [-0.39, 0.29) is 26.3 Å². The SMILES string of the molecule is CCOCC.Cc1cc(Br)cc2c1Nc1ccc(Br)cc1S2.Cc1cccc2c1Nc1ccccc1S2.Clc1ccc2c(c1)Nc1ccccc1S2.[CH3-].[Li+]. The van der Waals surface area contributed by atoms with Crippen LogP contribution in [0.1, 0.15) is 25.0 Å². The summed E-state index contributed by atoms with van der Waals surface area (Å²) in [5.41, 5.74) is 9.66. The molecule has 6 aromatic carbocycles. The molecule has 0 aliphatic carbocycles. The smallest absolute Gasteiger partial charge is 0.382 e. The number of benzene rings is 6. The van der Waals surface area contributed by atoms with Crippen LogP contribution in [0.3, 0.4) is 0 Å². The Balaban J connectivity index is 0.000000167. The number of hydrogen-bond acceptors (Lipinski definition) is 7. The van der Waals surface area contributed by atoms with Gasteiger partial charge in [-0.25, -0.2) is 0 Å². The predicted molar refractivity (Wildman–Crippen MR) is 239 cm³/mol. The van der Waals surface area contributed by atoms with Crippen LogP contribution >= 0.6 is 78.7 Å². The minimum atomic E-state index is 0. The first kappa shape index (κ1) is 44.3. The minimum absolute atomic E-state index is 0. The molecule has 3 heterocycles. The molecule has 0 atom stereocenters. The van der Waals surface area contributed by atoms with Gasteiger partial charge in [-0.05, 0) is 118 Å². The average Bonchev–Trinajstić information content (AvgIpc) is 3.14. The van der Waals surface area contributed by atoms with E-state index in [0.29, 0.717) is 0 Å². The Bertz CT molecular complexity index is 2190. The van der Waals surface area contributed by atoms with E-state index in [1.807, 2.05) is 49.9 Å². The summed E-state index contributed by atoms with van der Waals surface area (Å²) in [6.45, 7) is 9.93. The van der Waals surface area contributed by atoms with E-state index in [2.05, 4.69) is 153 Å². The minimum Gasteiger partial charge on any atom is -0.382 e. The molecule has 9 rings (SSSR count). The second kappa shape index (κ2) is 21.2. The molecule has 54 heavy (non-hydrogen) atoms. The maximum absolute atomic E-state index is 5.95. The first-order chi connectivity index (χ1) is 25.2. The zero-order chi connectivity index (χ0) is 36.6. The van der Waals surface area contributed by atoms with Crippen LogP contribution in [0.4, 0.5) is 34.1 Å². The predicted octanol–water partition coefficient (Wildman–Crippen LogP) is 13.0. The van der Waals surface area contributed by atoms with Crippen molar-refractivity contribution in [3.8, 4) is 0 Å². The second-order valence-electron chi connectivity index (χ2n) is 11.8. The van der Waals surface area contributed by atoms with Crippen molar-refractivity contribution in [1.29, 1.82) is 0 Å². The van der Waals surface area contributed by atoms with Crippen LogP contribution < -0.4 is 34.8 Å². The van der Waals surface area contributed by atoms with Crippen molar-refractivity contribution in [1.82, 2.24) is 0 Å². The molecule has 6 aromatic rings. The van der Waals surface area contributed by atoms with Gasteiger partial charge in [0.05, 0.1) is 34.1 Å². The number of fused-ring (bicyclic) bond motifs is 6. The molecule has 11 heteroatoms. The number of hydrogen-bond donors (Lipinski definition) is 3. The van der Waals surface area contributed by atoms with E-state index in [1.54, 1.807) is 23.5 Å². The van der Waals surface area contributed by atoms with Crippen LogP contribution in [-0.2, 0) is 4.74 Å². The number of para-hydroxylation sites is 3. The zero-order valence-electron chi connectivity index (χ0n) is 31.2. The average molecular weight is 914 g/mol. The van der Waals surface area contributed by atoms with E-state index >= 15 is 0 Å². The Hall–Kier alpha value is -2.42. The van der Waals surface area contributed by atoms with Crippen molar-refractivity contribution in [2.45, 2.75) is 57.1 Å². The molecule has 3 N–H and O–H groups in total. The number of halogens is 3. The Morgan fingerprint density at radius 3 is 1.72 bits per heavy atom. The molecule has 0 spiro atoms. The van der Waals surface area contributed by atoms with Crippen LogP contribution in [0.5, 0.6) is 0 Å². The molecule has 3 aliphatic heterocycles. The van der Waals surface area contributed by atoms with Crippen molar-refractivity contribution in [2.24, 2.45) is 0 Å². The molecular weight excluding hydrogens is 873 g/mol. The zero-order valence-corrected chi connectivity index (χ0v) is 37.5.